The topological polar surface area (TPSA) is 114 Å². The average Bonchev–Trinajstić information content (AvgIpc) is 2.83. The van der Waals surface area contributed by atoms with Crippen LogP contribution in [0.15, 0.2) is 77.7 Å². The van der Waals surface area contributed by atoms with Crippen molar-refractivity contribution in [1.29, 1.82) is 0 Å². The van der Waals surface area contributed by atoms with E-state index < -0.39 is 22.5 Å². The maximum atomic E-state index is 13.6. The van der Waals surface area contributed by atoms with Gasteiger partial charge < -0.3 is 20.1 Å². The lowest BCUT2D eigenvalue weighted by atomic mass is 10.2. The van der Waals surface area contributed by atoms with E-state index in [1.807, 2.05) is 6.07 Å². The Morgan fingerprint density at radius 3 is 2.11 bits per heavy atom. The first-order valence-electron chi connectivity index (χ1n) is 10.7. The highest BCUT2D eigenvalue weighted by Crippen LogP contribution is 2.31. The van der Waals surface area contributed by atoms with Gasteiger partial charge in [0.05, 0.1) is 25.7 Å². The van der Waals surface area contributed by atoms with Crippen molar-refractivity contribution in [2.75, 3.05) is 31.4 Å². The van der Waals surface area contributed by atoms with Gasteiger partial charge in [0.1, 0.15) is 0 Å². The average molecular weight is 498 g/mol. The van der Waals surface area contributed by atoms with Crippen LogP contribution in [0.3, 0.4) is 0 Å². The number of carbonyl (C=O) groups excluding carboxylic acids is 2. The third kappa shape index (κ3) is 6.81. The van der Waals surface area contributed by atoms with Crippen molar-refractivity contribution in [3.05, 3.63) is 78.4 Å². The van der Waals surface area contributed by atoms with Crippen molar-refractivity contribution in [3.63, 3.8) is 0 Å². The molecule has 0 heterocycles. The van der Waals surface area contributed by atoms with Crippen molar-refractivity contribution >= 4 is 33.2 Å². The maximum Gasteiger partial charge on any atom is 0.243 e. The van der Waals surface area contributed by atoms with Crippen LogP contribution in [0.5, 0.6) is 11.5 Å². The van der Waals surface area contributed by atoms with Crippen LogP contribution in [0.25, 0.3) is 0 Å². The number of rotatable bonds is 10. The molecule has 0 fully saturated rings. The Morgan fingerprint density at radius 2 is 1.49 bits per heavy atom. The number of hydrogen-bond acceptors (Lipinski definition) is 6. The van der Waals surface area contributed by atoms with Gasteiger partial charge in [-0.05, 0) is 35.9 Å². The summed E-state index contributed by atoms with van der Waals surface area (Å²) in [7, 11) is -1.22. The number of benzene rings is 3. The molecule has 0 saturated carbocycles. The molecule has 0 atom stereocenters. The number of methoxy groups -OCH3 is 2. The van der Waals surface area contributed by atoms with Crippen LogP contribution < -0.4 is 20.1 Å². The number of anilines is 2. The van der Waals surface area contributed by atoms with Gasteiger partial charge in [-0.1, -0.05) is 36.4 Å². The van der Waals surface area contributed by atoms with Gasteiger partial charge in [-0.3, -0.25) is 9.59 Å². The Morgan fingerprint density at radius 1 is 0.829 bits per heavy atom. The van der Waals surface area contributed by atoms with Gasteiger partial charge in [0.2, 0.25) is 21.8 Å². The highest BCUT2D eigenvalue weighted by Gasteiger charge is 2.28. The van der Waals surface area contributed by atoms with Crippen LogP contribution in [0.4, 0.5) is 11.4 Å². The summed E-state index contributed by atoms with van der Waals surface area (Å²) in [6, 6.07) is 19.8. The van der Waals surface area contributed by atoms with E-state index in [4.69, 9.17) is 9.47 Å². The zero-order chi connectivity index (χ0) is 25.4. The predicted octanol–water partition coefficient (Wildman–Crippen LogP) is 3.49. The lowest BCUT2D eigenvalue weighted by Gasteiger charge is -2.22. The lowest BCUT2D eigenvalue weighted by Crippen LogP contribution is -2.37. The highest BCUT2D eigenvalue weighted by molar-refractivity contribution is 7.89. The summed E-state index contributed by atoms with van der Waals surface area (Å²) in [6.45, 7) is 0.929. The zero-order valence-corrected chi connectivity index (χ0v) is 20.5. The molecular weight excluding hydrogens is 470 g/mol. The second-order valence-electron chi connectivity index (χ2n) is 7.59. The maximum absolute atomic E-state index is 13.6. The van der Waals surface area contributed by atoms with Crippen molar-refractivity contribution in [3.8, 4) is 11.5 Å². The summed E-state index contributed by atoms with van der Waals surface area (Å²) in [6.07, 6.45) is 0. The largest absolute Gasteiger partial charge is 0.493 e. The van der Waals surface area contributed by atoms with Crippen molar-refractivity contribution in [1.82, 2.24) is 4.31 Å². The Bertz CT molecular complexity index is 1300. The normalized spacial score (nSPS) is 11.1. The Kier molecular flexibility index (Phi) is 8.45. The number of nitrogens with one attached hydrogen (secondary N) is 2. The van der Waals surface area contributed by atoms with Crippen LogP contribution in [-0.2, 0) is 26.2 Å². The molecule has 3 aromatic carbocycles. The van der Waals surface area contributed by atoms with Gasteiger partial charge >= 0.3 is 0 Å². The van der Waals surface area contributed by atoms with Gasteiger partial charge in [-0.25, -0.2) is 8.42 Å². The second-order valence-corrected chi connectivity index (χ2v) is 9.52. The van der Waals surface area contributed by atoms with E-state index in [0.29, 0.717) is 17.1 Å². The molecule has 0 aliphatic heterocycles. The molecule has 0 spiro atoms. The highest BCUT2D eigenvalue weighted by atomic mass is 32.2. The number of ether oxygens (including phenoxy) is 2. The van der Waals surface area contributed by atoms with Crippen LogP contribution in [-0.4, -0.2) is 45.3 Å². The smallest absolute Gasteiger partial charge is 0.243 e. The summed E-state index contributed by atoms with van der Waals surface area (Å²) in [5, 5.41) is 5.33. The molecule has 2 amide bonds. The van der Waals surface area contributed by atoms with Crippen LogP contribution in [0.2, 0.25) is 0 Å². The Balaban J connectivity index is 1.88. The fourth-order valence-corrected chi connectivity index (χ4v) is 4.78. The molecule has 10 heteroatoms. The number of nitrogens with zero attached hydrogens (tertiary/aromatic N) is 1. The van der Waals surface area contributed by atoms with Gasteiger partial charge in [0.25, 0.3) is 0 Å². The van der Waals surface area contributed by atoms with Gasteiger partial charge in [0, 0.05) is 30.9 Å². The first-order valence-corrected chi connectivity index (χ1v) is 12.1. The van der Waals surface area contributed by atoms with E-state index in [2.05, 4.69) is 10.6 Å². The minimum Gasteiger partial charge on any atom is -0.493 e. The van der Waals surface area contributed by atoms with E-state index >= 15 is 0 Å². The van der Waals surface area contributed by atoms with Crippen LogP contribution in [0.1, 0.15) is 12.5 Å². The summed E-state index contributed by atoms with van der Waals surface area (Å²) in [5.74, 6) is -0.140. The first-order chi connectivity index (χ1) is 16.7. The molecule has 0 saturated heterocycles. The molecule has 184 valence electrons. The SMILES string of the molecule is COc1ccc(S(=O)(=O)N(CC(=O)Nc2cccc(NC(C)=O)c2)Cc2ccccc2)cc1OC. The number of sulfonamides is 1. The van der Waals surface area contributed by atoms with E-state index in [1.54, 1.807) is 48.5 Å². The molecule has 0 aliphatic carbocycles. The number of carbonyl (C=O) groups is 2. The molecule has 0 aliphatic rings. The molecule has 0 bridgehead atoms. The molecule has 3 rings (SSSR count). The van der Waals surface area contributed by atoms with E-state index in [0.717, 1.165) is 9.87 Å². The minimum absolute atomic E-state index is 0.0170. The fourth-order valence-electron chi connectivity index (χ4n) is 3.38. The Hall–Kier alpha value is -3.89. The summed E-state index contributed by atoms with van der Waals surface area (Å²) in [4.78, 5) is 24.2. The monoisotopic (exact) mass is 497 g/mol. The van der Waals surface area contributed by atoms with Crippen molar-refractivity contribution in [2.45, 2.75) is 18.4 Å². The Labute approximate surface area is 204 Å². The zero-order valence-electron chi connectivity index (χ0n) is 19.6. The van der Waals surface area contributed by atoms with Crippen LogP contribution >= 0.6 is 0 Å². The molecule has 0 aromatic heterocycles. The molecular formula is C25H27N3O6S. The minimum atomic E-state index is -4.09. The van der Waals surface area contributed by atoms with Crippen molar-refractivity contribution < 1.29 is 27.5 Å². The molecule has 35 heavy (non-hydrogen) atoms. The van der Waals surface area contributed by atoms with Crippen molar-refractivity contribution in [2.24, 2.45) is 0 Å². The van der Waals surface area contributed by atoms with Gasteiger partial charge in [-0.15, -0.1) is 0 Å². The molecule has 9 nitrogen and oxygen atoms in total. The van der Waals surface area contributed by atoms with E-state index in [-0.39, 0.29) is 23.1 Å². The summed E-state index contributed by atoms with van der Waals surface area (Å²) >= 11 is 0. The number of hydrogen-bond donors (Lipinski definition) is 2. The molecule has 3 aromatic rings. The first kappa shape index (κ1) is 25.7. The van der Waals surface area contributed by atoms with Gasteiger partial charge in [-0.2, -0.15) is 4.31 Å². The van der Waals surface area contributed by atoms with Gasteiger partial charge in [0.15, 0.2) is 11.5 Å². The third-order valence-electron chi connectivity index (χ3n) is 4.98. The fraction of sp³-hybridized carbons (Fsp3) is 0.200. The number of amides is 2. The third-order valence-corrected chi connectivity index (χ3v) is 6.77. The molecule has 0 radical (unpaired) electrons. The second kappa shape index (κ2) is 11.5. The summed E-state index contributed by atoms with van der Waals surface area (Å²) < 4.78 is 38.7. The molecule has 0 unspecified atom stereocenters. The standard InChI is InChI=1S/C25H27N3O6S/c1-18(29)26-20-10-7-11-21(14-20)27-25(30)17-28(16-19-8-5-4-6-9-19)35(31,32)22-12-13-23(33-2)24(15-22)34-3/h4-15H,16-17H2,1-3H3,(H,26,29)(H,27,30). The molecule has 2 N–H and O–H groups in total. The van der Waals surface area contributed by atoms with E-state index in [1.165, 1.54) is 39.3 Å². The van der Waals surface area contributed by atoms with E-state index in [9.17, 15) is 18.0 Å². The quantitative estimate of drug-likeness (QED) is 0.443. The van der Waals surface area contributed by atoms with Crippen LogP contribution in [0, 0.1) is 0 Å². The predicted molar refractivity (Wildman–Crippen MR) is 133 cm³/mol. The summed E-state index contributed by atoms with van der Waals surface area (Å²) in [5.41, 5.74) is 1.65. The lowest BCUT2D eigenvalue weighted by molar-refractivity contribution is -0.116.